The maximum atomic E-state index is 4.80. The molecular weight excluding hydrogens is 256 g/mol. The molecule has 1 unspecified atom stereocenters. The van der Waals surface area contributed by atoms with Crippen LogP contribution in [0.15, 0.2) is 27.8 Å². The number of rotatable bonds is 0. The second-order valence-corrected chi connectivity index (χ2v) is 9.29. The van der Waals surface area contributed by atoms with Crippen LogP contribution in [0.2, 0.25) is 0 Å². The minimum Gasteiger partial charge on any atom is -0.221 e. The van der Waals surface area contributed by atoms with Crippen LogP contribution in [0, 0.1) is 10.8 Å². The molecule has 2 rings (SSSR count). The average Bonchev–Trinajstić information content (AvgIpc) is 2.65. The zero-order valence-electron chi connectivity index (χ0n) is 15.2. The van der Waals surface area contributed by atoms with Gasteiger partial charge in [0.2, 0.25) is 0 Å². The summed E-state index contributed by atoms with van der Waals surface area (Å²) in [6.45, 7) is 20.6. The van der Waals surface area contributed by atoms with Gasteiger partial charge in [0.1, 0.15) is 0 Å². The topological polar surface area (TPSA) is 15.4 Å². The van der Waals surface area contributed by atoms with Gasteiger partial charge >= 0.3 is 0 Å². The van der Waals surface area contributed by atoms with Crippen LogP contribution >= 0.6 is 0 Å². The van der Waals surface area contributed by atoms with Crippen molar-refractivity contribution in [1.29, 1.82) is 0 Å². The van der Waals surface area contributed by atoms with E-state index in [1.807, 2.05) is 6.21 Å². The van der Waals surface area contributed by atoms with E-state index in [9.17, 15) is 0 Å². The molecule has 0 aromatic rings. The molecule has 0 aromatic heterocycles. The van der Waals surface area contributed by atoms with Crippen molar-refractivity contribution < 1.29 is 4.58 Å². The predicted molar refractivity (Wildman–Crippen MR) is 92.4 cm³/mol. The molecule has 0 N–H and O–H groups in total. The molecule has 2 nitrogen and oxygen atoms in total. The summed E-state index contributed by atoms with van der Waals surface area (Å²) >= 11 is 0. The maximum Gasteiger partial charge on any atom is 0.273 e. The lowest BCUT2D eigenvalue weighted by molar-refractivity contribution is -0.613. The van der Waals surface area contributed by atoms with Crippen molar-refractivity contribution in [2.24, 2.45) is 15.8 Å². The number of fused-ring (bicyclic) bond motifs is 1. The Kier molecular flexibility index (Phi) is 3.59. The van der Waals surface area contributed by atoms with E-state index >= 15 is 0 Å². The van der Waals surface area contributed by atoms with Crippen LogP contribution in [0.4, 0.5) is 0 Å². The van der Waals surface area contributed by atoms with Crippen molar-refractivity contribution >= 4 is 12.4 Å². The normalized spacial score (nSPS) is 23.2. The molecule has 21 heavy (non-hydrogen) atoms. The molecule has 1 atom stereocenters. The summed E-state index contributed by atoms with van der Waals surface area (Å²) in [5, 5.41) is 0. The van der Waals surface area contributed by atoms with E-state index in [1.165, 1.54) is 16.7 Å². The summed E-state index contributed by atoms with van der Waals surface area (Å²) in [5.41, 5.74) is 4.62. The fraction of sp³-hybridized carbons (Fsp3) is 0.684. The first-order valence-corrected chi connectivity index (χ1v) is 7.96. The van der Waals surface area contributed by atoms with Crippen molar-refractivity contribution in [1.82, 2.24) is 0 Å². The van der Waals surface area contributed by atoms with Gasteiger partial charge in [-0.25, -0.2) is 9.57 Å². The van der Waals surface area contributed by atoms with Gasteiger partial charge in [0, 0.05) is 11.8 Å². The number of nitrogens with zero attached hydrogens (tertiary/aromatic N) is 2. The SMILES string of the molecule is CC(C)(C)C1=CC=NC2C1=C(C(C)(C)C)C=[N+]2C(C)(C)C. The zero-order chi connectivity index (χ0) is 16.2. The summed E-state index contributed by atoms with van der Waals surface area (Å²) in [6, 6.07) is 0. The standard InChI is InChI=1S/C19H31N2/c1-17(2,3)13-10-11-20-16-15(13)14(18(4,5)6)12-21(16)19(7,8)9/h10-12,16H,1-9H3/q+1. The van der Waals surface area contributed by atoms with Gasteiger partial charge in [-0.3, -0.25) is 0 Å². The van der Waals surface area contributed by atoms with E-state index in [0.29, 0.717) is 0 Å². The Morgan fingerprint density at radius 1 is 0.905 bits per heavy atom. The van der Waals surface area contributed by atoms with Gasteiger partial charge < -0.3 is 0 Å². The van der Waals surface area contributed by atoms with E-state index in [2.05, 4.69) is 79.2 Å². The monoisotopic (exact) mass is 287 g/mol. The molecule has 2 heteroatoms. The van der Waals surface area contributed by atoms with Crippen molar-refractivity contribution in [2.45, 2.75) is 74.0 Å². The lowest BCUT2D eigenvalue weighted by Gasteiger charge is -2.30. The first-order chi connectivity index (χ1) is 9.33. The molecule has 0 fully saturated rings. The van der Waals surface area contributed by atoms with Gasteiger partial charge in [0.15, 0.2) is 11.8 Å². The lowest BCUT2D eigenvalue weighted by atomic mass is 9.74. The van der Waals surface area contributed by atoms with Crippen LogP contribution in [0.5, 0.6) is 0 Å². The lowest BCUT2D eigenvalue weighted by Crippen LogP contribution is -2.40. The number of aliphatic imine (C=N–C) groups is 1. The molecular formula is C19H31N2+. The molecule has 2 heterocycles. The van der Waals surface area contributed by atoms with Crippen LogP contribution in [0.3, 0.4) is 0 Å². The number of hydrogen-bond donors (Lipinski definition) is 0. The highest BCUT2D eigenvalue weighted by Gasteiger charge is 2.46. The fourth-order valence-corrected chi connectivity index (χ4v) is 3.09. The van der Waals surface area contributed by atoms with Gasteiger partial charge in [-0.05, 0) is 43.3 Å². The van der Waals surface area contributed by atoms with E-state index in [1.54, 1.807) is 0 Å². The highest BCUT2D eigenvalue weighted by Crippen LogP contribution is 2.44. The summed E-state index contributed by atoms with van der Waals surface area (Å²) in [7, 11) is 0. The summed E-state index contributed by atoms with van der Waals surface area (Å²) < 4.78 is 2.41. The Morgan fingerprint density at radius 3 is 1.90 bits per heavy atom. The van der Waals surface area contributed by atoms with E-state index in [4.69, 9.17) is 4.99 Å². The maximum absolute atomic E-state index is 4.80. The smallest absolute Gasteiger partial charge is 0.221 e. The van der Waals surface area contributed by atoms with Crippen molar-refractivity contribution in [3.05, 3.63) is 22.8 Å². The van der Waals surface area contributed by atoms with Crippen LogP contribution in [0.25, 0.3) is 0 Å². The minimum absolute atomic E-state index is 0.0700. The average molecular weight is 287 g/mol. The van der Waals surface area contributed by atoms with Crippen LogP contribution in [-0.4, -0.2) is 28.7 Å². The molecule has 116 valence electrons. The third-order valence-corrected chi connectivity index (χ3v) is 4.23. The Bertz CT molecular complexity index is 564. The minimum atomic E-state index is 0.0700. The first-order valence-electron chi connectivity index (χ1n) is 7.96. The van der Waals surface area contributed by atoms with E-state index in [-0.39, 0.29) is 22.5 Å². The first kappa shape index (κ1) is 16.2. The van der Waals surface area contributed by atoms with Gasteiger partial charge in [-0.1, -0.05) is 41.5 Å². The van der Waals surface area contributed by atoms with Gasteiger partial charge in [0.25, 0.3) is 6.17 Å². The second kappa shape index (κ2) is 4.66. The zero-order valence-corrected chi connectivity index (χ0v) is 15.2. The third kappa shape index (κ3) is 2.90. The molecule has 0 spiro atoms. The van der Waals surface area contributed by atoms with Crippen LogP contribution in [-0.2, 0) is 0 Å². The molecule has 2 aliphatic rings. The van der Waals surface area contributed by atoms with Gasteiger partial charge in [-0.2, -0.15) is 0 Å². The predicted octanol–water partition coefficient (Wildman–Crippen LogP) is 4.61. The summed E-state index contributed by atoms with van der Waals surface area (Å²) in [6.07, 6.45) is 6.69. The molecule has 0 saturated carbocycles. The quantitative estimate of drug-likeness (QED) is 0.578. The molecule has 0 aromatic carbocycles. The van der Waals surface area contributed by atoms with Crippen molar-refractivity contribution in [2.75, 3.05) is 0 Å². The molecule has 0 saturated heterocycles. The molecule has 0 amide bonds. The number of allylic oxidation sites excluding steroid dienone is 2. The van der Waals surface area contributed by atoms with Crippen molar-refractivity contribution in [3.8, 4) is 0 Å². The highest BCUT2D eigenvalue weighted by molar-refractivity contribution is 5.86. The van der Waals surface area contributed by atoms with E-state index < -0.39 is 0 Å². The Balaban J connectivity index is 2.66. The molecule has 0 radical (unpaired) electrons. The largest absolute Gasteiger partial charge is 0.273 e. The molecule has 2 aliphatic heterocycles. The summed E-state index contributed by atoms with van der Waals surface area (Å²) in [5.74, 6) is 0. The van der Waals surface area contributed by atoms with Crippen molar-refractivity contribution in [3.63, 3.8) is 0 Å². The molecule has 0 bridgehead atoms. The van der Waals surface area contributed by atoms with Gasteiger partial charge in [-0.15, -0.1) is 0 Å². The highest BCUT2D eigenvalue weighted by atomic mass is 15.2. The number of hydrogen-bond acceptors (Lipinski definition) is 1. The van der Waals surface area contributed by atoms with Crippen LogP contribution < -0.4 is 0 Å². The Labute approximate surface area is 130 Å². The van der Waals surface area contributed by atoms with Gasteiger partial charge in [0.05, 0.1) is 5.57 Å². The summed E-state index contributed by atoms with van der Waals surface area (Å²) in [4.78, 5) is 4.80. The molecule has 0 aliphatic carbocycles. The van der Waals surface area contributed by atoms with Crippen LogP contribution in [0.1, 0.15) is 62.3 Å². The number of dihydropyridines is 1. The van der Waals surface area contributed by atoms with E-state index in [0.717, 1.165) is 0 Å². The Hall–Kier alpha value is -1.18. The Morgan fingerprint density at radius 2 is 1.48 bits per heavy atom. The second-order valence-electron chi connectivity index (χ2n) is 9.29. The fourth-order valence-electron chi connectivity index (χ4n) is 3.09. The third-order valence-electron chi connectivity index (χ3n) is 4.23.